The van der Waals surface area contributed by atoms with Crippen molar-refractivity contribution in [1.29, 1.82) is 0 Å². The predicted molar refractivity (Wildman–Crippen MR) is 119 cm³/mol. The second-order valence-corrected chi connectivity index (χ2v) is 7.07. The molecule has 0 atom stereocenters. The second kappa shape index (κ2) is 7.99. The molecule has 0 saturated heterocycles. The van der Waals surface area contributed by atoms with E-state index in [2.05, 4.69) is 111 Å². The van der Waals surface area contributed by atoms with Gasteiger partial charge in [-0.15, -0.1) is 0 Å². The van der Waals surface area contributed by atoms with Crippen LogP contribution in [0.1, 0.15) is 22.3 Å². The van der Waals surface area contributed by atoms with E-state index in [4.69, 9.17) is 0 Å². The summed E-state index contributed by atoms with van der Waals surface area (Å²) in [6.45, 7) is 4.22. The molecule has 0 nitrogen and oxygen atoms in total. The summed E-state index contributed by atoms with van der Waals surface area (Å²) in [5.41, 5.74) is 9.35. The van der Waals surface area contributed by atoms with Gasteiger partial charge in [-0.2, -0.15) is 0 Å². The monoisotopic (exact) mass is 358 g/mol. The van der Waals surface area contributed by atoms with Crippen LogP contribution in [0.2, 0.25) is 0 Å². The van der Waals surface area contributed by atoms with E-state index in [1.807, 2.05) is 12.1 Å². The van der Waals surface area contributed by atoms with E-state index in [0.29, 0.717) is 0 Å². The van der Waals surface area contributed by atoms with Crippen LogP contribution in [0.3, 0.4) is 0 Å². The molecule has 0 fully saturated rings. The van der Waals surface area contributed by atoms with Gasteiger partial charge in [0.15, 0.2) is 0 Å². The number of rotatable bonds is 2. The highest BCUT2D eigenvalue weighted by atomic mass is 14.1. The Labute approximate surface area is 167 Å². The first-order valence-corrected chi connectivity index (χ1v) is 9.55. The molecule has 0 heteroatoms. The first-order chi connectivity index (χ1) is 13.7. The predicted octanol–water partition coefficient (Wildman–Crippen LogP) is 7.04. The van der Waals surface area contributed by atoms with Crippen molar-refractivity contribution in [3.63, 3.8) is 0 Å². The van der Waals surface area contributed by atoms with E-state index in [0.717, 1.165) is 11.1 Å². The molecule has 0 radical (unpaired) electrons. The van der Waals surface area contributed by atoms with Crippen LogP contribution in [0.5, 0.6) is 0 Å². The minimum atomic E-state index is 1.05. The molecule has 0 heterocycles. The zero-order valence-electron chi connectivity index (χ0n) is 16.2. The van der Waals surface area contributed by atoms with Gasteiger partial charge in [-0.1, -0.05) is 108 Å². The van der Waals surface area contributed by atoms with Crippen LogP contribution in [0.15, 0.2) is 97.1 Å². The number of benzene rings is 4. The van der Waals surface area contributed by atoms with Crippen molar-refractivity contribution in [2.45, 2.75) is 13.8 Å². The summed E-state index contributed by atoms with van der Waals surface area (Å²) in [6, 6.07) is 33.9. The molecule has 0 aliphatic heterocycles. The van der Waals surface area contributed by atoms with E-state index in [-0.39, 0.29) is 0 Å². The van der Waals surface area contributed by atoms with Gasteiger partial charge in [-0.3, -0.25) is 0 Å². The molecule has 0 N–H and O–H groups in total. The van der Waals surface area contributed by atoms with Crippen LogP contribution in [-0.4, -0.2) is 0 Å². The summed E-state index contributed by atoms with van der Waals surface area (Å²) in [7, 11) is 0. The molecule has 0 amide bonds. The van der Waals surface area contributed by atoms with E-state index in [9.17, 15) is 0 Å². The zero-order valence-corrected chi connectivity index (χ0v) is 16.2. The molecule has 0 unspecified atom stereocenters. The molecule has 0 aromatic heterocycles. The van der Waals surface area contributed by atoms with Gasteiger partial charge < -0.3 is 0 Å². The van der Waals surface area contributed by atoms with E-state index in [1.165, 1.54) is 33.4 Å². The van der Waals surface area contributed by atoms with Crippen LogP contribution in [0.25, 0.3) is 22.3 Å². The van der Waals surface area contributed by atoms with Crippen molar-refractivity contribution in [1.82, 2.24) is 0 Å². The Hall–Kier alpha value is -3.56. The van der Waals surface area contributed by atoms with Gasteiger partial charge >= 0.3 is 0 Å². The molecule has 4 aromatic carbocycles. The summed E-state index contributed by atoms with van der Waals surface area (Å²) in [4.78, 5) is 0. The number of hydrogen-bond donors (Lipinski definition) is 0. The standard InChI is InChI=1S/C28H22/c1-21-11-15-25(16-12-21)27-9-5-3-7-23(27)19-20-24-8-4-6-10-28(24)26-17-13-22(2)14-18-26/h3-18H,1-2H3. The molecule has 0 saturated carbocycles. The maximum absolute atomic E-state index is 3.41. The highest BCUT2D eigenvalue weighted by Gasteiger charge is 2.04. The van der Waals surface area contributed by atoms with Crippen molar-refractivity contribution in [3.8, 4) is 34.1 Å². The van der Waals surface area contributed by atoms with Gasteiger partial charge in [-0.05, 0) is 48.2 Å². The second-order valence-electron chi connectivity index (χ2n) is 7.07. The van der Waals surface area contributed by atoms with Gasteiger partial charge in [0.25, 0.3) is 0 Å². The van der Waals surface area contributed by atoms with Crippen molar-refractivity contribution in [2.24, 2.45) is 0 Å². The molecular formula is C28H22. The van der Waals surface area contributed by atoms with Gasteiger partial charge in [0, 0.05) is 11.1 Å². The lowest BCUT2D eigenvalue weighted by atomic mass is 9.97. The van der Waals surface area contributed by atoms with Gasteiger partial charge in [0.1, 0.15) is 0 Å². The first-order valence-electron chi connectivity index (χ1n) is 9.55. The van der Waals surface area contributed by atoms with E-state index in [1.54, 1.807) is 0 Å². The summed E-state index contributed by atoms with van der Waals surface area (Å²) >= 11 is 0. The molecule has 4 aromatic rings. The molecule has 0 aliphatic carbocycles. The summed E-state index contributed by atoms with van der Waals surface area (Å²) in [5, 5.41) is 0. The van der Waals surface area contributed by atoms with Crippen LogP contribution >= 0.6 is 0 Å². The molecule has 0 spiro atoms. The fraction of sp³-hybridized carbons (Fsp3) is 0.0714. The molecule has 134 valence electrons. The average Bonchev–Trinajstić information content (AvgIpc) is 2.74. The fourth-order valence-corrected chi connectivity index (χ4v) is 3.29. The summed E-state index contributed by atoms with van der Waals surface area (Å²) in [5.74, 6) is 6.83. The van der Waals surface area contributed by atoms with E-state index >= 15 is 0 Å². The third-order valence-corrected chi connectivity index (χ3v) is 4.91. The lowest BCUT2D eigenvalue weighted by molar-refractivity contribution is 1.46. The van der Waals surface area contributed by atoms with Gasteiger partial charge in [0.05, 0.1) is 0 Å². The minimum absolute atomic E-state index is 1.05. The first kappa shape index (κ1) is 17.8. The van der Waals surface area contributed by atoms with E-state index < -0.39 is 0 Å². The van der Waals surface area contributed by atoms with Crippen molar-refractivity contribution in [3.05, 3.63) is 119 Å². The largest absolute Gasteiger partial charge is 0.0616 e. The SMILES string of the molecule is Cc1ccc(-c2ccccc2C#Cc2ccccc2-c2ccc(C)cc2)cc1. The smallest absolute Gasteiger partial charge is 0.0327 e. The van der Waals surface area contributed by atoms with Crippen molar-refractivity contribution < 1.29 is 0 Å². The summed E-state index contributed by atoms with van der Waals surface area (Å²) < 4.78 is 0. The third kappa shape index (κ3) is 3.90. The Morgan fingerprint density at radius 1 is 0.429 bits per heavy atom. The Morgan fingerprint density at radius 2 is 0.786 bits per heavy atom. The summed E-state index contributed by atoms with van der Waals surface area (Å²) in [6.07, 6.45) is 0. The van der Waals surface area contributed by atoms with Crippen molar-refractivity contribution in [2.75, 3.05) is 0 Å². The van der Waals surface area contributed by atoms with Crippen LogP contribution in [0, 0.1) is 25.7 Å². The fourth-order valence-electron chi connectivity index (χ4n) is 3.29. The highest BCUT2D eigenvalue weighted by Crippen LogP contribution is 2.25. The van der Waals surface area contributed by atoms with Crippen LogP contribution in [-0.2, 0) is 0 Å². The maximum atomic E-state index is 3.41. The minimum Gasteiger partial charge on any atom is -0.0616 e. The number of aryl methyl sites for hydroxylation is 2. The molecular weight excluding hydrogens is 336 g/mol. The normalized spacial score (nSPS) is 10.2. The topological polar surface area (TPSA) is 0 Å². The Bertz CT molecular complexity index is 1060. The lowest BCUT2D eigenvalue weighted by Crippen LogP contribution is -1.87. The maximum Gasteiger partial charge on any atom is 0.0327 e. The Balaban J connectivity index is 1.75. The average molecular weight is 358 g/mol. The number of hydrogen-bond acceptors (Lipinski definition) is 0. The van der Waals surface area contributed by atoms with Gasteiger partial charge in [-0.25, -0.2) is 0 Å². The molecule has 28 heavy (non-hydrogen) atoms. The Kier molecular flexibility index (Phi) is 5.09. The molecule has 0 aliphatic rings. The highest BCUT2D eigenvalue weighted by molar-refractivity contribution is 5.74. The van der Waals surface area contributed by atoms with Crippen LogP contribution in [0.4, 0.5) is 0 Å². The van der Waals surface area contributed by atoms with Gasteiger partial charge in [0.2, 0.25) is 0 Å². The molecule has 0 bridgehead atoms. The third-order valence-electron chi connectivity index (χ3n) is 4.91. The van der Waals surface area contributed by atoms with Crippen molar-refractivity contribution >= 4 is 0 Å². The lowest BCUT2D eigenvalue weighted by Gasteiger charge is -2.07. The quantitative estimate of drug-likeness (QED) is 0.337. The zero-order chi connectivity index (χ0) is 19.3. The Morgan fingerprint density at radius 3 is 1.18 bits per heavy atom. The van der Waals surface area contributed by atoms with Crippen LogP contribution < -0.4 is 0 Å². The molecule has 4 rings (SSSR count).